The quantitative estimate of drug-likeness (QED) is 0.625. The van der Waals surface area contributed by atoms with Crippen LogP contribution in [0.25, 0.3) is 0 Å². The fourth-order valence-electron chi connectivity index (χ4n) is 4.62. The average molecular weight is 523 g/mol. The van der Waals surface area contributed by atoms with E-state index in [1.807, 2.05) is 36.4 Å². The zero-order valence-electron chi connectivity index (χ0n) is 18.7. The number of carbonyl (C=O) groups excluding carboxylic acids is 2. The number of amides is 2. The molecule has 0 atom stereocenters. The Hall–Kier alpha value is -1.93. The Bertz CT molecular complexity index is 984. The number of likely N-dealkylation sites (tertiary alicyclic amines) is 1. The van der Waals surface area contributed by atoms with Crippen molar-refractivity contribution in [2.45, 2.75) is 25.0 Å². The standard InChI is InChI=1S/C25H28N3O4.Y/c29-23(27-11-8-25(9-12-27)31-14-15-32-25)18-28-13-10-26-22-7-6-20(17-21(22)24(28)30)16-19-4-2-1-3-5-19;/h1-7,17-18,26H,8-16H2;/q-1;. The van der Waals surface area contributed by atoms with Gasteiger partial charge in [0.25, 0.3) is 0 Å². The summed E-state index contributed by atoms with van der Waals surface area (Å²) in [5.74, 6) is -0.813. The zero-order chi connectivity index (χ0) is 22.0. The molecular weight excluding hydrogens is 495 g/mol. The summed E-state index contributed by atoms with van der Waals surface area (Å²) in [6, 6.07) is 16.1. The molecule has 2 saturated heterocycles. The van der Waals surface area contributed by atoms with Gasteiger partial charge in [-0.1, -0.05) is 36.4 Å². The Morgan fingerprint density at radius 1 is 1.00 bits per heavy atom. The zero-order valence-corrected chi connectivity index (χ0v) is 21.5. The third-order valence-corrected chi connectivity index (χ3v) is 6.41. The van der Waals surface area contributed by atoms with Gasteiger partial charge in [-0.05, 0) is 29.7 Å². The Kier molecular flexibility index (Phi) is 7.74. The Labute approximate surface area is 219 Å². The molecule has 0 bridgehead atoms. The van der Waals surface area contributed by atoms with Crippen LogP contribution in [0.1, 0.15) is 34.3 Å². The Morgan fingerprint density at radius 2 is 1.73 bits per heavy atom. The van der Waals surface area contributed by atoms with Gasteiger partial charge in [0.05, 0.1) is 18.8 Å². The molecule has 3 aliphatic rings. The molecule has 1 radical (unpaired) electrons. The van der Waals surface area contributed by atoms with Crippen LogP contribution in [0.3, 0.4) is 0 Å². The van der Waals surface area contributed by atoms with Gasteiger partial charge in [-0.15, -0.1) is 0 Å². The summed E-state index contributed by atoms with van der Waals surface area (Å²) in [5, 5.41) is 3.32. The van der Waals surface area contributed by atoms with Crippen LogP contribution in [0.15, 0.2) is 48.5 Å². The number of nitrogens with one attached hydrogen (secondary N) is 1. The molecule has 171 valence electrons. The number of piperidine rings is 1. The van der Waals surface area contributed by atoms with Gasteiger partial charge in [0, 0.05) is 77.4 Å². The summed E-state index contributed by atoms with van der Waals surface area (Å²) < 4.78 is 11.5. The van der Waals surface area contributed by atoms with E-state index in [1.165, 1.54) is 12.1 Å². The van der Waals surface area contributed by atoms with Gasteiger partial charge in [0.2, 0.25) is 5.91 Å². The van der Waals surface area contributed by atoms with E-state index >= 15 is 0 Å². The van der Waals surface area contributed by atoms with E-state index in [-0.39, 0.29) is 44.5 Å². The second-order valence-corrected chi connectivity index (χ2v) is 8.53. The molecule has 0 unspecified atom stereocenters. The second kappa shape index (κ2) is 10.6. The molecule has 2 aromatic carbocycles. The summed E-state index contributed by atoms with van der Waals surface area (Å²) in [6.07, 6.45) is 2.07. The third-order valence-electron chi connectivity index (χ3n) is 6.41. The molecule has 0 saturated carbocycles. The molecule has 2 aromatic rings. The number of hydrogen-bond donors (Lipinski definition) is 1. The monoisotopic (exact) mass is 523 g/mol. The summed E-state index contributed by atoms with van der Waals surface area (Å²) in [5.41, 5.74) is 3.67. The minimum Gasteiger partial charge on any atom is -0.463 e. The molecule has 33 heavy (non-hydrogen) atoms. The van der Waals surface area contributed by atoms with E-state index < -0.39 is 5.79 Å². The Morgan fingerprint density at radius 3 is 2.45 bits per heavy atom. The summed E-state index contributed by atoms with van der Waals surface area (Å²) in [6.45, 7) is 4.84. The van der Waals surface area contributed by atoms with Gasteiger partial charge in [0.15, 0.2) is 5.79 Å². The minimum atomic E-state index is -0.521. The van der Waals surface area contributed by atoms with Crippen LogP contribution in [0.2, 0.25) is 0 Å². The van der Waals surface area contributed by atoms with Crippen molar-refractivity contribution in [3.05, 3.63) is 71.8 Å². The second-order valence-electron chi connectivity index (χ2n) is 8.53. The van der Waals surface area contributed by atoms with Crippen molar-refractivity contribution in [2.24, 2.45) is 0 Å². The van der Waals surface area contributed by atoms with Gasteiger partial charge >= 0.3 is 0 Å². The van der Waals surface area contributed by atoms with Gasteiger partial charge in [0.1, 0.15) is 5.91 Å². The first-order chi connectivity index (χ1) is 15.6. The predicted molar refractivity (Wildman–Crippen MR) is 120 cm³/mol. The first-order valence-electron chi connectivity index (χ1n) is 11.3. The fraction of sp³-hybridized carbons (Fsp3) is 0.400. The molecule has 2 amide bonds. The van der Waals surface area contributed by atoms with Crippen LogP contribution in [0, 0.1) is 6.54 Å². The first-order valence-corrected chi connectivity index (χ1v) is 11.3. The molecular formula is C25H28N3O4Y-. The molecule has 3 heterocycles. The molecule has 3 aliphatic heterocycles. The van der Waals surface area contributed by atoms with Crippen LogP contribution in [-0.2, 0) is 53.4 Å². The Balaban J connectivity index is 0.00000259. The van der Waals surface area contributed by atoms with E-state index in [1.54, 1.807) is 9.80 Å². The fourth-order valence-corrected chi connectivity index (χ4v) is 4.62. The SMILES string of the molecule is O=C1c2cc(Cc3ccccc3)ccc2NCCN1[CH-]C(=O)N1CCC2(CC1)OCCO2.[Y]. The summed E-state index contributed by atoms with van der Waals surface area (Å²) in [7, 11) is 0. The van der Waals surface area contributed by atoms with Crippen LogP contribution in [0.4, 0.5) is 5.69 Å². The number of carbonyl (C=O) groups is 2. The topological polar surface area (TPSA) is 71.1 Å². The van der Waals surface area contributed by atoms with Crippen molar-refractivity contribution in [3.63, 3.8) is 0 Å². The summed E-state index contributed by atoms with van der Waals surface area (Å²) >= 11 is 0. The van der Waals surface area contributed by atoms with Gasteiger partial charge in [-0.3, -0.25) is 4.79 Å². The van der Waals surface area contributed by atoms with Crippen LogP contribution in [-0.4, -0.2) is 66.8 Å². The molecule has 1 spiro atoms. The van der Waals surface area contributed by atoms with Crippen molar-refractivity contribution in [3.8, 4) is 0 Å². The van der Waals surface area contributed by atoms with Gasteiger partial charge in [-0.25, -0.2) is 6.54 Å². The number of nitrogens with zero attached hydrogens (tertiary/aromatic N) is 2. The molecule has 7 nitrogen and oxygen atoms in total. The number of ether oxygens (including phenoxy) is 2. The molecule has 1 N–H and O–H groups in total. The van der Waals surface area contributed by atoms with E-state index in [9.17, 15) is 9.59 Å². The minimum absolute atomic E-state index is 0. The van der Waals surface area contributed by atoms with Crippen molar-refractivity contribution in [1.82, 2.24) is 9.80 Å². The van der Waals surface area contributed by atoms with Gasteiger partial charge in [-0.2, -0.15) is 0 Å². The number of benzene rings is 2. The van der Waals surface area contributed by atoms with Crippen LogP contribution >= 0.6 is 0 Å². The number of rotatable bonds is 4. The van der Waals surface area contributed by atoms with E-state index in [2.05, 4.69) is 17.4 Å². The third kappa shape index (κ3) is 5.43. The smallest absolute Gasteiger partial charge is 0.230 e. The number of hydrogen-bond acceptors (Lipinski definition) is 5. The van der Waals surface area contributed by atoms with E-state index in [0.29, 0.717) is 57.8 Å². The van der Waals surface area contributed by atoms with Crippen LogP contribution < -0.4 is 5.32 Å². The average Bonchev–Trinajstić information content (AvgIpc) is 3.21. The molecule has 8 heteroatoms. The first kappa shape index (κ1) is 24.2. The molecule has 0 aromatic heterocycles. The maximum absolute atomic E-state index is 13.3. The van der Waals surface area contributed by atoms with E-state index in [4.69, 9.17) is 9.47 Å². The molecule has 2 fully saturated rings. The van der Waals surface area contributed by atoms with Crippen molar-refractivity contribution in [2.75, 3.05) is 44.7 Å². The largest absolute Gasteiger partial charge is 0.463 e. The van der Waals surface area contributed by atoms with Gasteiger partial charge < -0.3 is 29.4 Å². The van der Waals surface area contributed by atoms with Crippen LogP contribution in [0.5, 0.6) is 0 Å². The van der Waals surface area contributed by atoms with Crippen molar-refractivity contribution >= 4 is 17.5 Å². The van der Waals surface area contributed by atoms with Crippen molar-refractivity contribution in [1.29, 1.82) is 0 Å². The van der Waals surface area contributed by atoms with E-state index in [0.717, 1.165) is 17.7 Å². The molecule has 5 rings (SSSR count). The maximum Gasteiger partial charge on any atom is 0.230 e. The summed E-state index contributed by atoms with van der Waals surface area (Å²) in [4.78, 5) is 29.5. The number of anilines is 1. The molecule has 0 aliphatic carbocycles. The number of fused-ring (bicyclic) bond motifs is 1. The maximum atomic E-state index is 13.3. The van der Waals surface area contributed by atoms with Crippen molar-refractivity contribution < 1.29 is 51.8 Å². The normalized spacial score (nSPS) is 19.3. The predicted octanol–water partition coefficient (Wildman–Crippen LogP) is 2.67.